The number of rotatable bonds is 4. The molecular weight excluding hydrogens is 406 g/mol. The number of nitrogens with zero attached hydrogens (tertiary/aromatic N) is 3. The van der Waals surface area contributed by atoms with Gasteiger partial charge in [-0.2, -0.15) is 0 Å². The number of halogens is 1. The van der Waals surface area contributed by atoms with Crippen LogP contribution >= 0.6 is 11.6 Å². The van der Waals surface area contributed by atoms with Crippen molar-refractivity contribution in [1.29, 1.82) is 0 Å². The molecule has 2 heterocycles. The monoisotopic (exact) mass is 427 g/mol. The van der Waals surface area contributed by atoms with Crippen LogP contribution in [0.2, 0.25) is 5.02 Å². The van der Waals surface area contributed by atoms with Gasteiger partial charge >= 0.3 is 5.97 Å². The highest BCUT2D eigenvalue weighted by Gasteiger charge is 2.43. The molecule has 2 aliphatic rings. The van der Waals surface area contributed by atoms with Gasteiger partial charge in [-0.25, -0.2) is 9.69 Å². The minimum atomic E-state index is -0.461. The molecule has 1 atom stereocenters. The summed E-state index contributed by atoms with van der Waals surface area (Å²) in [6, 6.07) is 13.6. The number of hydrogen-bond acceptors (Lipinski definition) is 6. The Hall–Kier alpha value is -2.90. The van der Waals surface area contributed by atoms with Crippen molar-refractivity contribution in [2.75, 3.05) is 43.1 Å². The molecule has 2 amide bonds. The lowest BCUT2D eigenvalue weighted by Crippen LogP contribution is -2.52. The van der Waals surface area contributed by atoms with E-state index < -0.39 is 12.0 Å². The van der Waals surface area contributed by atoms with E-state index in [9.17, 15) is 14.4 Å². The number of carbonyl (C=O) groups excluding carboxylic acids is 3. The van der Waals surface area contributed by atoms with E-state index in [0.29, 0.717) is 29.4 Å². The van der Waals surface area contributed by atoms with Gasteiger partial charge in [0, 0.05) is 36.9 Å². The third-order valence-corrected chi connectivity index (χ3v) is 5.87. The van der Waals surface area contributed by atoms with E-state index in [2.05, 4.69) is 14.5 Å². The number of esters is 1. The second kappa shape index (κ2) is 8.45. The summed E-state index contributed by atoms with van der Waals surface area (Å²) in [6.07, 6.45) is 0.165. The van der Waals surface area contributed by atoms with Gasteiger partial charge in [-0.1, -0.05) is 11.6 Å². The molecule has 0 N–H and O–H groups in total. The average Bonchev–Trinajstić information content (AvgIpc) is 3.08. The first-order chi connectivity index (χ1) is 14.5. The summed E-state index contributed by atoms with van der Waals surface area (Å²) in [7, 11) is 1.31. The van der Waals surface area contributed by atoms with Crippen LogP contribution in [0.3, 0.4) is 0 Å². The maximum absolute atomic E-state index is 13.0. The standard InChI is InChI=1S/C22H22ClN3O4/c1-30-22(29)15-2-6-18(7-3-15)26-20(27)14-19(21(26)28)25-12-10-24(11-13-25)17-8-4-16(23)5-9-17/h2-9,19H,10-14H2,1H3. The van der Waals surface area contributed by atoms with Crippen molar-refractivity contribution < 1.29 is 19.1 Å². The molecule has 2 aliphatic heterocycles. The van der Waals surface area contributed by atoms with Crippen LogP contribution < -0.4 is 9.80 Å². The summed E-state index contributed by atoms with van der Waals surface area (Å²) >= 11 is 5.96. The van der Waals surface area contributed by atoms with Crippen molar-refractivity contribution in [3.05, 3.63) is 59.1 Å². The van der Waals surface area contributed by atoms with Gasteiger partial charge in [0.25, 0.3) is 5.91 Å². The van der Waals surface area contributed by atoms with Crippen LogP contribution in [-0.4, -0.2) is 62.0 Å². The lowest BCUT2D eigenvalue weighted by atomic mass is 10.1. The molecule has 8 heteroatoms. The first kappa shape index (κ1) is 20.4. The van der Waals surface area contributed by atoms with E-state index in [1.54, 1.807) is 24.3 Å². The molecule has 0 spiro atoms. The third kappa shape index (κ3) is 3.91. The SMILES string of the molecule is COC(=O)c1ccc(N2C(=O)CC(N3CCN(c4ccc(Cl)cc4)CC3)C2=O)cc1. The number of ether oxygens (including phenoxy) is 1. The third-order valence-electron chi connectivity index (χ3n) is 5.62. The maximum Gasteiger partial charge on any atom is 0.337 e. The normalized spacial score (nSPS) is 20.0. The largest absolute Gasteiger partial charge is 0.465 e. The minimum absolute atomic E-state index is 0.165. The van der Waals surface area contributed by atoms with Crippen molar-refractivity contribution in [3.63, 3.8) is 0 Å². The minimum Gasteiger partial charge on any atom is -0.465 e. The van der Waals surface area contributed by atoms with E-state index in [1.165, 1.54) is 12.0 Å². The zero-order chi connectivity index (χ0) is 21.3. The molecule has 2 aromatic carbocycles. The Morgan fingerprint density at radius 1 is 0.933 bits per heavy atom. The number of imide groups is 1. The number of amides is 2. The molecule has 156 valence electrons. The molecule has 2 fully saturated rings. The first-order valence-electron chi connectivity index (χ1n) is 9.77. The molecule has 2 saturated heterocycles. The summed E-state index contributed by atoms with van der Waals surface area (Å²) in [6.45, 7) is 2.93. The molecule has 2 aromatic rings. The molecule has 1 unspecified atom stereocenters. The van der Waals surface area contributed by atoms with Crippen LogP contribution in [0.15, 0.2) is 48.5 Å². The van der Waals surface area contributed by atoms with E-state index in [-0.39, 0.29) is 18.2 Å². The molecule has 0 radical (unpaired) electrons. The summed E-state index contributed by atoms with van der Waals surface area (Å²) in [5, 5.41) is 0.701. The van der Waals surface area contributed by atoms with Gasteiger partial charge in [-0.15, -0.1) is 0 Å². The number of benzene rings is 2. The van der Waals surface area contributed by atoms with Gasteiger partial charge in [0.15, 0.2) is 0 Å². The molecule has 4 rings (SSSR count). The van der Waals surface area contributed by atoms with Crippen LogP contribution in [0.1, 0.15) is 16.8 Å². The molecule has 0 bridgehead atoms. The Morgan fingerprint density at radius 3 is 2.13 bits per heavy atom. The van der Waals surface area contributed by atoms with Gasteiger partial charge in [-0.3, -0.25) is 14.5 Å². The quantitative estimate of drug-likeness (QED) is 0.551. The number of anilines is 2. The van der Waals surface area contributed by atoms with Gasteiger partial charge in [0.05, 0.1) is 30.8 Å². The predicted octanol–water partition coefficient (Wildman–Crippen LogP) is 2.58. The van der Waals surface area contributed by atoms with Crippen LogP contribution in [-0.2, 0) is 14.3 Å². The Morgan fingerprint density at radius 2 is 1.53 bits per heavy atom. The molecule has 7 nitrogen and oxygen atoms in total. The number of methoxy groups -OCH3 is 1. The van der Waals surface area contributed by atoms with E-state index in [1.807, 2.05) is 24.3 Å². The topological polar surface area (TPSA) is 70.2 Å². The zero-order valence-corrected chi connectivity index (χ0v) is 17.3. The second-order valence-electron chi connectivity index (χ2n) is 7.33. The molecule has 0 saturated carbocycles. The molecule has 30 heavy (non-hydrogen) atoms. The average molecular weight is 428 g/mol. The van der Waals surface area contributed by atoms with Crippen LogP contribution in [0.5, 0.6) is 0 Å². The van der Waals surface area contributed by atoms with Crippen LogP contribution in [0.4, 0.5) is 11.4 Å². The highest BCUT2D eigenvalue weighted by Crippen LogP contribution is 2.28. The Kier molecular flexibility index (Phi) is 5.74. The van der Waals surface area contributed by atoms with E-state index >= 15 is 0 Å². The van der Waals surface area contributed by atoms with Gasteiger partial charge in [0.2, 0.25) is 5.91 Å². The van der Waals surface area contributed by atoms with Gasteiger partial charge in [-0.05, 0) is 48.5 Å². The van der Waals surface area contributed by atoms with Gasteiger partial charge < -0.3 is 9.64 Å². The highest BCUT2D eigenvalue weighted by molar-refractivity contribution is 6.30. The Labute approximate surface area is 179 Å². The summed E-state index contributed by atoms with van der Waals surface area (Å²) in [5.41, 5.74) is 1.94. The van der Waals surface area contributed by atoms with Crippen LogP contribution in [0.25, 0.3) is 0 Å². The van der Waals surface area contributed by atoms with Crippen molar-refractivity contribution in [3.8, 4) is 0 Å². The van der Waals surface area contributed by atoms with E-state index in [4.69, 9.17) is 11.6 Å². The second-order valence-corrected chi connectivity index (χ2v) is 7.76. The Bertz CT molecular complexity index is 953. The van der Waals surface area contributed by atoms with Crippen molar-refractivity contribution in [2.45, 2.75) is 12.5 Å². The van der Waals surface area contributed by atoms with Crippen LogP contribution in [0, 0.1) is 0 Å². The fourth-order valence-electron chi connectivity index (χ4n) is 3.98. The van der Waals surface area contributed by atoms with Crippen molar-refractivity contribution >= 4 is 40.8 Å². The molecular formula is C22H22ClN3O4. The number of carbonyl (C=O) groups is 3. The zero-order valence-electron chi connectivity index (χ0n) is 16.6. The fraction of sp³-hybridized carbons (Fsp3) is 0.318. The predicted molar refractivity (Wildman–Crippen MR) is 114 cm³/mol. The fourth-order valence-corrected chi connectivity index (χ4v) is 4.11. The summed E-state index contributed by atoms with van der Waals surface area (Å²) in [5.74, 6) is -0.904. The van der Waals surface area contributed by atoms with Crippen molar-refractivity contribution in [2.24, 2.45) is 0 Å². The van der Waals surface area contributed by atoms with Crippen molar-refractivity contribution in [1.82, 2.24) is 4.90 Å². The molecule has 0 aliphatic carbocycles. The maximum atomic E-state index is 13.0. The number of piperazine rings is 1. The Balaban J connectivity index is 1.42. The van der Waals surface area contributed by atoms with Gasteiger partial charge in [0.1, 0.15) is 0 Å². The lowest BCUT2D eigenvalue weighted by molar-refractivity contribution is -0.123. The van der Waals surface area contributed by atoms with E-state index in [0.717, 1.165) is 18.8 Å². The molecule has 0 aromatic heterocycles. The smallest absolute Gasteiger partial charge is 0.337 e. The summed E-state index contributed by atoms with van der Waals surface area (Å²) < 4.78 is 4.68. The number of hydrogen-bond donors (Lipinski definition) is 0. The lowest BCUT2D eigenvalue weighted by Gasteiger charge is -2.38. The highest BCUT2D eigenvalue weighted by atomic mass is 35.5. The summed E-state index contributed by atoms with van der Waals surface area (Å²) in [4.78, 5) is 42.8. The first-order valence-corrected chi connectivity index (χ1v) is 10.2.